The van der Waals surface area contributed by atoms with Crippen LogP contribution in [0.3, 0.4) is 0 Å². The first-order valence-corrected chi connectivity index (χ1v) is 2.61. The van der Waals surface area contributed by atoms with Gasteiger partial charge in [0.2, 0.25) is 0 Å². The van der Waals surface area contributed by atoms with Crippen LogP contribution in [-0.4, -0.2) is 27.4 Å². The summed E-state index contributed by atoms with van der Waals surface area (Å²) in [5.41, 5.74) is 0. The van der Waals surface area contributed by atoms with Crippen molar-refractivity contribution in [1.82, 2.24) is 0 Å². The molecule has 0 amide bonds. The van der Waals surface area contributed by atoms with Gasteiger partial charge in [-0.3, -0.25) is 9.59 Å². The van der Waals surface area contributed by atoms with Crippen LogP contribution >= 0.6 is 0 Å². The van der Waals surface area contributed by atoms with Gasteiger partial charge < -0.3 is 22.8 Å². The molecule has 0 aromatic carbocycles. The van der Waals surface area contributed by atoms with E-state index in [1.54, 1.807) is 0 Å². The molecule has 0 fully saturated rings. The fourth-order valence-corrected chi connectivity index (χ4v) is 0.388. The van der Waals surface area contributed by atoms with Crippen LogP contribution in [0.15, 0.2) is 0 Å². The van der Waals surface area contributed by atoms with E-state index in [2.05, 4.69) is 12.6 Å². The zero-order chi connectivity index (χ0) is 7.44. The molecule has 0 aliphatic carbocycles. The quantitative estimate of drug-likeness (QED) is 0.655. The molecule has 0 rings (SSSR count). The van der Waals surface area contributed by atoms with Crippen molar-refractivity contribution < 1.29 is 39.9 Å². The van der Waals surface area contributed by atoms with Crippen molar-refractivity contribution in [1.29, 1.82) is 0 Å². The minimum absolute atomic E-state index is 0. The first-order chi connectivity index (χ1) is 4.04. The number of rotatable bonds is 3. The molecule has 1 unspecified atom stereocenters. The van der Waals surface area contributed by atoms with Gasteiger partial charge in [0.05, 0.1) is 0 Å². The average Bonchev–Trinajstić information content (AvgIpc) is 1.63. The van der Waals surface area contributed by atoms with Gasteiger partial charge in [-0.05, 0) is 0 Å². The summed E-state index contributed by atoms with van der Waals surface area (Å²) in [6.07, 6.45) is -0.495. The molecule has 0 bridgehead atoms. The minimum Gasteiger partial charge on any atom is -0.778 e. The first kappa shape index (κ1) is 12.6. The molecule has 1 atom stereocenters. The van der Waals surface area contributed by atoms with Gasteiger partial charge in [0, 0.05) is 26.5 Å². The van der Waals surface area contributed by atoms with E-state index in [0.29, 0.717) is 0 Å². The maximum atomic E-state index is 9.87. The Morgan fingerprint density at radius 2 is 1.80 bits per heavy atom. The molecular weight excluding hydrogens is 242 g/mol. The third-order valence-electron chi connectivity index (χ3n) is 0.635. The van der Waals surface area contributed by atoms with Crippen LogP contribution in [0.1, 0.15) is 6.42 Å². The van der Waals surface area contributed by atoms with E-state index in [0.717, 1.165) is 0 Å². The SMILES string of the molecule is O=C(O)CC([S-])C(=O)O.[Tc]. The molecular formula is C4H5O4STc-. The molecule has 0 aromatic rings. The molecule has 0 heterocycles. The van der Waals surface area contributed by atoms with Crippen molar-refractivity contribution in [2.75, 3.05) is 0 Å². The van der Waals surface area contributed by atoms with Gasteiger partial charge in [0.1, 0.15) is 0 Å². The predicted molar refractivity (Wildman–Crippen MR) is 31.0 cm³/mol. The van der Waals surface area contributed by atoms with Gasteiger partial charge in [-0.25, -0.2) is 0 Å². The third kappa shape index (κ3) is 6.07. The Balaban J connectivity index is 0. The Morgan fingerprint density at radius 3 is 1.90 bits per heavy atom. The van der Waals surface area contributed by atoms with E-state index < -0.39 is 23.6 Å². The number of carbonyl (C=O) groups is 2. The largest absolute Gasteiger partial charge is 0.778 e. The summed E-state index contributed by atoms with van der Waals surface area (Å²) in [4.78, 5) is 19.7. The Bertz CT molecular complexity index is 137. The van der Waals surface area contributed by atoms with Gasteiger partial charge in [0.25, 0.3) is 5.97 Å². The van der Waals surface area contributed by atoms with Crippen molar-refractivity contribution in [2.24, 2.45) is 0 Å². The molecule has 0 spiro atoms. The maximum absolute atomic E-state index is 9.87. The average molecular weight is 247 g/mol. The van der Waals surface area contributed by atoms with Crippen molar-refractivity contribution in [2.45, 2.75) is 11.7 Å². The Labute approximate surface area is 76.4 Å². The molecule has 1 radical (unpaired) electrons. The standard InChI is InChI=1S/C4H6O4S.Tc/c5-3(6)1-2(9)4(7)8;/h2,9H,1H2,(H,5,6)(H,7,8);/p-1. The molecule has 4 nitrogen and oxygen atoms in total. The number of hydrogen-bond acceptors (Lipinski definition) is 3. The van der Waals surface area contributed by atoms with Gasteiger partial charge >= 0.3 is 5.97 Å². The van der Waals surface area contributed by atoms with E-state index in [1.807, 2.05) is 0 Å². The summed E-state index contributed by atoms with van der Waals surface area (Å²) >= 11 is 4.26. The summed E-state index contributed by atoms with van der Waals surface area (Å²) < 4.78 is 0. The number of aliphatic carboxylic acids is 2. The van der Waals surface area contributed by atoms with Crippen molar-refractivity contribution >= 4 is 24.6 Å². The summed E-state index contributed by atoms with van der Waals surface area (Å²) in [5, 5.41) is 14.9. The molecule has 59 valence electrons. The molecule has 0 aromatic heterocycles. The van der Waals surface area contributed by atoms with Gasteiger partial charge in [-0.15, -0.1) is 0 Å². The summed E-state index contributed by atoms with van der Waals surface area (Å²) in [6.45, 7) is 0. The predicted octanol–water partition coefficient (Wildman–Crippen LogP) is -0.541. The fraction of sp³-hybridized carbons (Fsp3) is 0.500. The minimum atomic E-state index is -1.26. The summed E-state index contributed by atoms with van der Waals surface area (Å²) in [6, 6.07) is 0. The van der Waals surface area contributed by atoms with Crippen LogP contribution in [0.4, 0.5) is 0 Å². The van der Waals surface area contributed by atoms with Crippen LogP contribution in [0, 0.1) is 0 Å². The van der Waals surface area contributed by atoms with Crippen molar-refractivity contribution in [3.05, 3.63) is 0 Å². The zero-order valence-electron chi connectivity index (χ0n) is 4.78. The Hall–Kier alpha value is -0.0606. The van der Waals surface area contributed by atoms with Crippen LogP contribution in [0.5, 0.6) is 0 Å². The van der Waals surface area contributed by atoms with Gasteiger partial charge in [-0.1, -0.05) is 5.25 Å². The summed E-state index contributed by atoms with van der Waals surface area (Å²) in [5.74, 6) is -2.44. The van der Waals surface area contributed by atoms with Crippen molar-refractivity contribution in [3.8, 4) is 0 Å². The molecule has 0 aliphatic heterocycles. The zero-order valence-corrected chi connectivity index (χ0v) is 7.46. The van der Waals surface area contributed by atoms with Gasteiger partial charge in [0.15, 0.2) is 0 Å². The molecule has 0 saturated carbocycles. The smallest absolute Gasteiger partial charge is 0.302 e. The second-order valence-corrected chi connectivity index (χ2v) is 1.99. The van der Waals surface area contributed by atoms with E-state index in [-0.39, 0.29) is 20.1 Å². The monoisotopic (exact) mass is 246 g/mol. The van der Waals surface area contributed by atoms with E-state index >= 15 is 0 Å². The third-order valence-corrected chi connectivity index (χ3v) is 1.00. The van der Waals surface area contributed by atoms with E-state index in [9.17, 15) is 9.59 Å². The number of carboxylic acid groups (broad SMARTS) is 2. The van der Waals surface area contributed by atoms with Gasteiger partial charge in [-0.2, -0.15) is 0 Å². The van der Waals surface area contributed by atoms with Crippen LogP contribution < -0.4 is 0 Å². The first-order valence-electron chi connectivity index (χ1n) is 2.14. The van der Waals surface area contributed by atoms with Crippen LogP contribution in [-0.2, 0) is 42.3 Å². The Kier molecular flexibility index (Phi) is 7.19. The molecule has 0 aliphatic rings. The number of carboxylic acids is 2. The van der Waals surface area contributed by atoms with Crippen LogP contribution in [0.25, 0.3) is 0 Å². The molecule has 10 heavy (non-hydrogen) atoms. The normalized spacial score (nSPS) is 11.3. The van der Waals surface area contributed by atoms with Crippen LogP contribution in [0.2, 0.25) is 0 Å². The van der Waals surface area contributed by atoms with E-state index in [4.69, 9.17) is 10.2 Å². The topological polar surface area (TPSA) is 74.6 Å². The number of hydrogen-bond donors (Lipinski definition) is 2. The maximum Gasteiger partial charge on any atom is 0.302 e. The molecule has 6 heteroatoms. The fourth-order valence-electron chi connectivity index (χ4n) is 0.246. The van der Waals surface area contributed by atoms with E-state index in [1.165, 1.54) is 0 Å². The second kappa shape index (κ2) is 5.70. The molecule has 0 saturated heterocycles. The second-order valence-electron chi connectivity index (χ2n) is 1.42. The van der Waals surface area contributed by atoms with Crippen molar-refractivity contribution in [3.63, 3.8) is 0 Å². The molecule has 2 N–H and O–H groups in total. The Morgan fingerprint density at radius 1 is 1.40 bits per heavy atom. The summed E-state index contributed by atoms with van der Waals surface area (Å²) in [7, 11) is 0.